The molecule has 0 saturated heterocycles. The molecule has 1 aromatic heterocycles. The zero-order chi connectivity index (χ0) is 22.9. The van der Waals surface area contributed by atoms with E-state index >= 15 is 0 Å². The number of rotatable bonds is 5. The van der Waals surface area contributed by atoms with Crippen LogP contribution in [0.25, 0.3) is 17.4 Å². The van der Waals surface area contributed by atoms with Gasteiger partial charge in [-0.2, -0.15) is 5.26 Å². The van der Waals surface area contributed by atoms with Crippen molar-refractivity contribution in [3.05, 3.63) is 58.4 Å². The highest BCUT2D eigenvalue weighted by atomic mass is 16.4. The zero-order valence-corrected chi connectivity index (χ0v) is 16.6. The fraction of sp³-hybridized carbons (Fsp3) is 0.182. The normalized spacial score (nSPS) is 16.6. The Morgan fingerprint density at radius 2 is 1.97 bits per heavy atom. The van der Waals surface area contributed by atoms with Gasteiger partial charge < -0.3 is 19.7 Å². The molecule has 1 aliphatic heterocycles. The van der Waals surface area contributed by atoms with Crippen molar-refractivity contribution in [2.24, 2.45) is 0 Å². The summed E-state index contributed by atoms with van der Waals surface area (Å²) in [5.74, 6) is -2.57. The molecule has 0 saturated carbocycles. The summed E-state index contributed by atoms with van der Waals surface area (Å²) >= 11 is 0. The number of nitrogens with zero attached hydrogens (tertiary/aromatic N) is 2. The number of carbonyl (C=O) groups is 3. The molecule has 2 heterocycles. The molecule has 1 unspecified atom stereocenters. The maximum absolute atomic E-state index is 12.8. The lowest BCUT2D eigenvalue weighted by Crippen LogP contribution is -2.45. The quantitative estimate of drug-likeness (QED) is 0.490. The van der Waals surface area contributed by atoms with E-state index in [1.807, 2.05) is 0 Å². The minimum atomic E-state index is -1.27. The molecule has 1 aliphatic rings. The molecule has 3 rings (SSSR count). The van der Waals surface area contributed by atoms with Gasteiger partial charge in [-0.15, -0.1) is 0 Å². The van der Waals surface area contributed by atoms with Crippen molar-refractivity contribution < 1.29 is 34.1 Å². The van der Waals surface area contributed by atoms with Gasteiger partial charge in [0.1, 0.15) is 34.5 Å². The van der Waals surface area contributed by atoms with Crippen LogP contribution in [-0.4, -0.2) is 50.7 Å². The lowest BCUT2D eigenvalue weighted by atomic mass is 9.94. The summed E-state index contributed by atoms with van der Waals surface area (Å²) in [5, 5.41) is 37.8. The van der Waals surface area contributed by atoms with Gasteiger partial charge in [0, 0.05) is 11.1 Å². The summed E-state index contributed by atoms with van der Waals surface area (Å²) in [5.41, 5.74) is 0.228. The van der Waals surface area contributed by atoms with Crippen molar-refractivity contribution in [3.63, 3.8) is 0 Å². The van der Waals surface area contributed by atoms with Crippen LogP contribution in [0.2, 0.25) is 0 Å². The first-order valence-corrected chi connectivity index (χ1v) is 9.17. The average Bonchev–Trinajstić information content (AvgIpc) is 3.17. The van der Waals surface area contributed by atoms with Gasteiger partial charge in [-0.05, 0) is 49.8 Å². The highest BCUT2D eigenvalue weighted by Gasteiger charge is 2.36. The van der Waals surface area contributed by atoms with Crippen LogP contribution < -0.4 is 0 Å². The minimum Gasteiger partial charge on any atom is -0.507 e. The number of aliphatic hydroxyl groups excluding tert-OH is 1. The predicted molar refractivity (Wildman–Crippen MR) is 107 cm³/mol. The van der Waals surface area contributed by atoms with E-state index in [9.17, 15) is 29.9 Å². The minimum absolute atomic E-state index is 0.0711. The number of carbonyl (C=O) groups excluding carboxylic acids is 2. The van der Waals surface area contributed by atoms with Gasteiger partial charge in [0.25, 0.3) is 11.8 Å². The fourth-order valence-corrected chi connectivity index (χ4v) is 3.15. The predicted octanol–water partition coefficient (Wildman–Crippen LogP) is 2.32. The molecule has 9 heteroatoms. The first-order chi connectivity index (χ1) is 14.6. The van der Waals surface area contributed by atoms with E-state index < -0.39 is 29.6 Å². The molecule has 1 aromatic carbocycles. The van der Waals surface area contributed by atoms with Gasteiger partial charge in [0.15, 0.2) is 0 Å². The first-order valence-electron chi connectivity index (χ1n) is 9.17. The number of aromatic carboxylic acids is 1. The number of imide groups is 1. The second kappa shape index (κ2) is 8.30. The number of hydrogen-bond acceptors (Lipinski definition) is 7. The van der Waals surface area contributed by atoms with Crippen LogP contribution in [-0.2, 0) is 9.59 Å². The van der Waals surface area contributed by atoms with E-state index in [4.69, 9.17) is 9.52 Å². The first kappa shape index (κ1) is 21.5. The number of nitriles is 1. The van der Waals surface area contributed by atoms with Crippen LogP contribution in [0.4, 0.5) is 0 Å². The highest BCUT2D eigenvalue weighted by Crippen LogP contribution is 2.31. The standard InChI is InChI=1S/C22H18N2O7/c1-11(25)10-24-20(27)16(12(2)17(9-23)21(24)28)8-14-4-6-19(31-14)13-3-5-15(22(29)30)18(26)7-13/h3-8,11,25-26H,10H2,1-2H3,(H,29,30)/b16-8-. The van der Waals surface area contributed by atoms with Gasteiger partial charge in [0.05, 0.1) is 12.6 Å². The highest BCUT2D eigenvalue weighted by molar-refractivity contribution is 6.19. The van der Waals surface area contributed by atoms with Crippen molar-refractivity contribution >= 4 is 23.9 Å². The Hall–Kier alpha value is -4.16. The number of amides is 2. The number of furan rings is 1. The molecule has 0 fully saturated rings. The molecular formula is C22H18N2O7. The molecule has 2 aromatic rings. The van der Waals surface area contributed by atoms with Gasteiger partial charge >= 0.3 is 5.97 Å². The molecule has 0 spiro atoms. The van der Waals surface area contributed by atoms with Gasteiger partial charge in [0.2, 0.25) is 0 Å². The van der Waals surface area contributed by atoms with Crippen LogP contribution in [0, 0.1) is 11.3 Å². The van der Waals surface area contributed by atoms with Crippen molar-refractivity contribution in [1.82, 2.24) is 4.90 Å². The molecule has 1 atom stereocenters. The molecule has 158 valence electrons. The summed E-state index contributed by atoms with van der Waals surface area (Å²) < 4.78 is 5.69. The summed E-state index contributed by atoms with van der Waals surface area (Å²) in [7, 11) is 0. The second-order valence-corrected chi connectivity index (χ2v) is 6.98. The Morgan fingerprint density at radius 1 is 1.26 bits per heavy atom. The zero-order valence-electron chi connectivity index (χ0n) is 16.6. The van der Waals surface area contributed by atoms with Crippen LogP contribution in [0.3, 0.4) is 0 Å². The maximum Gasteiger partial charge on any atom is 0.339 e. The number of aromatic hydroxyl groups is 1. The van der Waals surface area contributed by atoms with Crippen LogP contribution in [0.15, 0.2) is 51.5 Å². The Kier molecular flexibility index (Phi) is 5.77. The van der Waals surface area contributed by atoms with Gasteiger partial charge in [-0.3, -0.25) is 14.5 Å². The van der Waals surface area contributed by atoms with Crippen molar-refractivity contribution in [1.29, 1.82) is 5.26 Å². The molecule has 31 heavy (non-hydrogen) atoms. The SMILES string of the molecule is CC1=C(C#N)C(=O)N(CC(C)O)C(=O)/C1=C\c1ccc(-c2ccc(C(=O)O)c(O)c2)o1. The summed E-state index contributed by atoms with van der Waals surface area (Å²) in [6, 6.07) is 8.87. The maximum atomic E-state index is 12.8. The molecule has 0 aliphatic carbocycles. The summed E-state index contributed by atoms with van der Waals surface area (Å²) in [6.07, 6.45) is 0.412. The Labute approximate surface area is 176 Å². The average molecular weight is 422 g/mol. The van der Waals surface area contributed by atoms with Crippen molar-refractivity contribution in [2.75, 3.05) is 6.54 Å². The number of carboxylic acid groups (broad SMARTS) is 1. The molecule has 0 bridgehead atoms. The topological polar surface area (TPSA) is 152 Å². The molecule has 3 N–H and O–H groups in total. The van der Waals surface area contributed by atoms with E-state index in [0.29, 0.717) is 11.3 Å². The molecule has 2 amide bonds. The molecule has 9 nitrogen and oxygen atoms in total. The van der Waals surface area contributed by atoms with Crippen LogP contribution >= 0.6 is 0 Å². The van der Waals surface area contributed by atoms with E-state index in [1.54, 1.807) is 18.2 Å². The number of benzene rings is 1. The van der Waals surface area contributed by atoms with E-state index in [1.165, 1.54) is 38.1 Å². The number of β-amino-alcohol motifs (C(OH)–C–C–N with tert-alkyl or cyclic N) is 1. The van der Waals surface area contributed by atoms with Crippen LogP contribution in [0.1, 0.15) is 30.0 Å². The third-order valence-corrected chi connectivity index (χ3v) is 4.70. The molecular weight excluding hydrogens is 404 g/mol. The van der Waals surface area contributed by atoms with Crippen molar-refractivity contribution in [3.8, 4) is 23.1 Å². The third kappa shape index (κ3) is 4.10. The summed E-state index contributed by atoms with van der Waals surface area (Å²) in [4.78, 5) is 37.1. The second-order valence-electron chi connectivity index (χ2n) is 6.98. The fourth-order valence-electron chi connectivity index (χ4n) is 3.15. The largest absolute Gasteiger partial charge is 0.507 e. The number of phenols is 1. The Balaban J connectivity index is 2.01. The Morgan fingerprint density at radius 3 is 2.55 bits per heavy atom. The van der Waals surface area contributed by atoms with E-state index in [2.05, 4.69) is 0 Å². The molecule has 0 radical (unpaired) electrons. The Bertz CT molecular complexity index is 1190. The lowest BCUT2D eigenvalue weighted by molar-refractivity contribution is -0.141. The van der Waals surface area contributed by atoms with Crippen LogP contribution in [0.5, 0.6) is 5.75 Å². The number of aliphatic hydroxyl groups is 1. The van der Waals surface area contributed by atoms with E-state index in [0.717, 1.165) is 4.90 Å². The smallest absolute Gasteiger partial charge is 0.339 e. The number of hydrogen-bond donors (Lipinski definition) is 3. The van der Waals surface area contributed by atoms with Gasteiger partial charge in [-0.25, -0.2) is 4.79 Å². The monoisotopic (exact) mass is 422 g/mol. The third-order valence-electron chi connectivity index (χ3n) is 4.70. The van der Waals surface area contributed by atoms with Crippen molar-refractivity contribution in [2.45, 2.75) is 20.0 Å². The summed E-state index contributed by atoms with van der Waals surface area (Å²) in [6.45, 7) is 2.64. The van der Waals surface area contributed by atoms with Gasteiger partial charge in [-0.1, -0.05) is 6.07 Å². The number of carboxylic acids is 1. The lowest BCUT2D eigenvalue weighted by Gasteiger charge is -2.28. The van der Waals surface area contributed by atoms with E-state index in [-0.39, 0.29) is 34.6 Å².